The second-order valence-electron chi connectivity index (χ2n) is 5.49. The van der Waals surface area contributed by atoms with Crippen LogP contribution in [0, 0.1) is 0 Å². The van der Waals surface area contributed by atoms with E-state index in [1.807, 2.05) is 17.8 Å². The first-order valence-electron chi connectivity index (χ1n) is 7.31. The molecule has 0 unspecified atom stereocenters. The summed E-state index contributed by atoms with van der Waals surface area (Å²) in [6.07, 6.45) is 16.4. The predicted molar refractivity (Wildman–Crippen MR) is 80.0 cm³/mol. The van der Waals surface area contributed by atoms with Crippen LogP contribution in [0.15, 0.2) is 24.7 Å². The highest BCUT2D eigenvalue weighted by atomic mass is 15.3. The maximum absolute atomic E-state index is 4.68. The van der Waals surface area contributed by atoms with Crippen molar-refractivity contribution in [2.75, 3.05) is 0 Å². The summed E-state index contributed by atoms with van der Waals surface area (Å²) < 4.78 is 1.93. The number of aryl methyl sites for hydroxylation is 1. The van der Waals surface area contributed by atoms with E-state index in [2.05, 4.69) is 33.6 Å². The maximum atomic E-state index is 4.68. The lowest BCUT2D eigenvalue weighted by atomic mass is 9.85. The van der Waals surface area contributed by atoms with E-state index in [1.165, 1.54) is 43.4 Å². The van der Waals surface area contributed by atoms with E-state index in [9.17, 15) is 0 Å². The lowest BCUT2D eigenvalue weighted by Gasteiger charge is -2.20. The van der Waals surface area contributed by atoms with Crippen molar-refractivity contribution in [2.24, 2.45) is 7.05 Å². The molecule has 20 heavy (non-hydrogen) atoms. The van der Waals surface area contributed by atoms with Crippen molar-refractivity contribution in [1.29, 1.82) is 0 Å². The second-order valence-corrected chi connectivity index (χ2v) is 5.49. The van der Waals surface area contributed by atoms with Gasteiger partial charge in [0.05, 0.1) is 18.1 Å². The Kier molecular flexibility index (Phi) is 3.90. The van der Waals surface area contributed by atoms with Crippen molar-refractivity contribution in [3.8, 4) is 0 Å². The molecule has 0 aromatic carbocycles. The first-order chi connectivity index (χ1) is 9.83. The predicted octanol–water partition coefficient (Wildman–Crippen LogP) is 3.43. The number of hydrogen-bond donors (Lipinski definition) is 0. The third kappa shape index (κ3) is 2.95. The molecule has 1 fully saturated rings. The molecule has 0 atom stereocenters. The third-order valence-corrected chi connectivity index (χ3v) is 3.94. The summed E-state index contributed by atoms with van der Waals surface area (Å²) in [7, 11) is 2.00. The van der Waals surface area contributed by atoms with Crippen LogP contribution in [0.1, 0.15) is 54.8 Å². The molecule has 1 aliphatic rings. The standard InChI is InChI=1S/C16H20N4/c1-20-12-15(8-7-13-9-10-17-18-11-13)16(19-20)14-5-3-2-4-6-14/h7-12,14H,2-6H2,1H3/b8-7+. The van der Waals surface area contributed by atoms with Gasteiger partial charge in [0, 0.05) is 24.7 Å². The Morgan fingerprint density at radius 2 is 2.00 bits per heavy atom. The smallest absolute Gasteiger partial charge is 0.0727 e. The Hall–Kier alpha value is -1.97. The van der Waals surface area contributed by atoms with Gasteiger partial charge in [-0.25, -0.2) is 0 Å². The van der Waals surface area contributed by atoms with Gasteiger partial charge in [-0.1, -0.05) is 31.4 Å². The van der Waals surface area contributed by atoms with Gasteiger partial charge in [-0.05, 0) is 24.5 Å². The zero-order valence-electron chi connectivity index (χ0n) is 11.9. The van der Waals surface area contributed by atoms with Crippen molar-refractivity contribution in [3.63, 3.8) is 0 Å². The van der Waals surface area contributed by atoms with E-state index in [0.717, 1.165) is 5.56 Å². The molecule has 3 rings (SSSR count). The Morgan fingerprint density at radius 1 is 1.15 bits per heavy atom. The van der Waals surface area contributed by atoms with E-state index >= 15 is 0 Å². The average molecular weight is 268 g/mol. The Morgan fingerprint density at radius 3 is 2.75 bits per heavy atom. The highest BCUT2D eigenvalue weighted by Crippen LogP contribution is 2.33. The van der Waals surface area contributed by atoms with Gasteiger partial charge < -0.3 is 0 Å². The number of hydrogen-bond acceptors (Lipinski definition) is 3. The molecular formula is C16H20N4. The van der Waals surface area contributed by atoms with Crippen LogP contribution in [0.5, 0.6) is 0 Å². The van der Waals surface area contributed by atoms with E-state index in [4.69, 9.17) is 0 Å². The molecule has 0 saturated heterocycles. The summed E-state index contributed by atoms with van der Waals surface area (Å²) >= 11 is 0. The lowest BCUT2D eigenvalue weighted by molar-refractivity contribution is 0.433. The van der Waals surface area contributed by atoms with Crippen LogP contribution in [0.25, 0.3) is 12.2 Å². The van der Waals surface area contributed by atoms with Crippen LogP contribution >= 0.6 is 0 Å². The van der Waals surface area contributed by atoms with Crippen LogP contribution < -0.4 is 0 Å². The number of nitrogens with zero attached hydrogens (tertiary/aromatic N) is 4. The first kappa shape index (κ1) is 13.0. The Labute approximate surface area is 119 Å². The fourth-order valence-corrected chi connectivity index (χ4v) is 2.93. The average Bonchev–Trinajstić information content (AvgIpc) is 2.88. The molecule has 0 radical (unpaired) electrons. The summed E-state index contributed by atoms with van der Waals surface area (Å²) in [5.74, 6) is 0.625. The van der Waals surface area contributed by atoms with Crippen LogP contribution in [-0.2, 0) is 7.05 Å². The monoisotopic (exact) mass is 268 g/mol. The molecule has 104 valence electrons. The molecule has 0 amide bonds. The van der Waals surface area contributed by atoms with Crippen molar-refractivity contribution in [1.82, 2.24) is 20.0 Å². The van der Waals surface area contributed by atoms with Gasteiger partial charge in [0.15, 0.2) is 0 Å². The highest BCUT2D eigenvalue weighted by Gasteiger charge is 2.20. The molecule has 1 aliphatic carbocycles. The molecule has 1 saturated carbocycles. The van der Waals surface area contributed by atoms with Crippen LogP contribution in [-0.4, -0.2) is 20.0 Å². The van der Waals surface area contributed by atoms with E-state index in [0.29, 0.717) is 5.92 Å². The topological polar surface area (TPSA) is 43.6 Å². The van der Waals surface area contributed by atoms with Crippen LogP contribution in [0.4, 0.5) is 0 Å². The van der Waals surface area contributed by atoms with E-state index in [-0.39, 0.29) is 0 Å². The normalized spacial score (nSPS) is 16.9. The first-order valence-corrected chi connectivity index (χ1v) is 7.31. The summed E-state index contributed by atoms with van der Waals surface area (Å²) in [6.45, 7) is 0. The van der Waals surface area contributed by atoms with Gasteiger partial charge >= 0.3 is 0 Å². The van der Waals surface area contributed by atoms with Crippen molar-refractivity contribution in [2.45, 2.75) is 38.0 Å². The largest absolute Gasteiger partial charge is 0.275 e. The minimum atomic E-state index is 0.625. The number of aromatic nitrogens is 4. The van der Waals surface area contributed by atoms with Gasteiger partial charge in [0.2, 0.25) is 0 Å². The molecule has 4 nitrogen and oxygen atoms in total. The fraction of sp³-hybridized carbons (Fsp3) is 0.438. The summed E-state index contributed by atoms with van der Waals surface area (Å²) in [5.41, 5.74) is 3.56. The van der Waals surface area contributed by atoms with Crippen LogP contribution in [0.2, 0.25) is 0 Å². The van der Waals surface area contributed by atoms with Gasteiger partial charge in [-0.3, -0.25) is 4.68 Å². The summed E-state index contributed by atoms with van der Waals surface area (Å²) in [6, 6.07) is 1.96. The van der Waals surface area contributed by atoms with Crippen molar-refractivity contribution < 1.29 is 0 Å². The molecule has 0 bridgehead atoms. The molecule has 2 heterocycles. The highest BCUT2D eigenvalue weighted by molar-refractivity contribution is 5.70. The second kappa shape index (κ2) is 5.99. The molecule has 0 N–H and O–H groups in total. The van der Waals surface area contributed by atoms with Crippen molar-refractivity contribution >= 4 is 12.2 Å². The third-order valence-electron chi connectivity index (χ3n) is 3.94. The summed E-state index contributed by atoms with van der Waals surface area (Å²) in [5, 5.41) is 12.4. The minimum Gasteiger partial charge on any atom is -0.275 e. The van der Waals surface area contributed by atoms with E-state index < -0.39 is 0 Å². The molecule has 2 aromatic heterocycles. The summed E-state index contributed by atoms with van der Waals surface area (Å²) in [4.78, 5) is 0. The van der Waals surface area contributed by atoms with Gasteiger partial charge in [-0.15, -0.1) is 0 Å². The Bertz CT molecular complexity index is 580. The SMILES string of the molecule is Cn1cc(/C=C/c2ccnnc2)c(C2CCCCC2)n1. The fourth-order valence-electron chi connectivity index (χ4n) is 2.93. The zero-order chi connectivity index (χ0) is 13.8. The Balaban J connectivity index is 1.84. The lowest BCUT2D eigenvalue weighted by Crippen LogP contribution is -2.06. The van der Waals surface area contributed by atoms with E-state index in [1.54, 1.807) is 12.4 Å². The zero-order valence-corrected chi connectivity index (χ0v) is 11.9. The number of rotatable bonds is 3. The molecule has 4 heteroatoms. The van der Waals surface area contributed by atoms with Gasteiger partial charge in [-0.2, -0.15) is 15.3 Å². The molecule has 2 aromatic rings. The quantitative estimate of drug-likeness (QED) is 0.856. The molecule has 0 aliphatic heterocycles. The molecular weight excluding hydrogens is 248 g/mol. The van der Waals surface area contributed by atoms with Gasteiger partial charge in [0.25, 0.3) is 0 Å². The van der Waals surface area contributed by atoms with Gasteiger partial charge in [0.1, 0.15) is 0 Å². The maximum Gasteiger partial charge on any atom is 0.0727 e. The molecule has 0 spiro atoms. The minimum absolute atomic E-state index is 0.625. The van der Waals surface area contributed by atoms with Crippen molar-refractivity contribution in [3.05, 3.63) is 41.5 Å². The van der Waals surface area contributed by atoms with Crippen LogP contribution in [0.3, 0.4) is 0 Å².